The summed E-state index contributed by atoms with van der Waals surface area (Å²) in [7, 11) is 0. The number of nitrogens with one attached hydrogen (secondary N) is 1. The molecule has 2 aliphatic rings. The minimum Gasteiger partial charge on any atom is -0.314 e. The smallest absolute Gasteiger partial charge is 0.0835 e. The van der Waals surface area contributed by atoms with Crippen LogP contribution in [0.5, 0.6) is 0 Å². The third-order valence-corrected chi connectivity index (χ3v) is 2.72. The van der Waals surface area contributed by atoms with Crippen LogP contribution < -0.4 is 5.32 Å². The van der Waals surface area contributed by atoms with E-state index in [0.717, 1.165) is 32.1 Å². The summed E-state index contributed by atoms with van der Waals surface area (Å²) in [5.74, 6) is 1.10. The van der Waals surface area contributed by atoms with Crippen molar-refractivity contribution in [3.63, 3.8) is 0 Å². The summed E-state index contributed by atoms with van der Waals surface area (Å²) in [6.45, 7) is 4.53. The maximum Gasteiger partial charge on any atom is 0.0835 e. The lowest BCUT2D eigenvalue weighted by Gasteiger charge is -2.34. The summed E-state index contributed by atoms with van der Waals surface area (Å²) in [5.41, 5.74) is 0. The van der Waals surface area contributed by atoms with Gasteiger partial charge in [-0.05, 0) is 5.41 Å². The third kappa shape index (κ3) is 1.69. The highest BCUT2D eigenvalue weighted by molar-refractivity contribution is 8.02. The molecule has 1 saturated heterocycles. The van der Waals surface area contributed by atoms with E-state index in [9.17, 15) is 0 Å². The van der Waals surface area contributed by atoms with E-state index in [-0.39, 0.29) is 0 Å². The molecule has 0 bridgehead atoms. The van der Waals surface area contributed by atoms with Crippen molar-refractivity contribution in [1.82, 2.24) is 15.3 Å². The molecular weight excluding hydrogens is 158 g/mol. The van der Waals surface area contributed by atoms with E-state index < -0.39 is 0 Å². The molecule has 0 radical (unpaired) electrons. The average Bonchev–Trinajstić information content (AvgIpc) is 2.58. The van der Waals surface area contributed by atoms with Gasteiger partial charge in [0.2, 0.25) is 0 Å². The Morgan fingerprint density at radius 1 is 1.27 bits per heavy atom. The van der Waals surface area contributed by atoms with E-state index >= 15 is 0 Å². The second kappa shape index (κ2) is 3.47. The number of hydrogen-bond acceptors (Lipinski definition) is 4. The predicted molar refractivity (Wildman–Crippen MR) is 47.9 cm³/mol. The van der Waals surface area contributed by atoms with Gasteiger partial charge in [-0.1, -0.05) is 0 Å². The van der Waals surface area contributed by atoms with Crippen LogP contribution in [0.1, 0.15) is 0 Å². The van der Waals surface area contributed by atoms with Gasteiger partial charge in [0.25, 0.3) is 0 Å². The largest absolute Gasteiger partial charge is 0.314 e. The number of hydrogen-bond donors (Lipinski definition) is 1. The molecule has 1 N–H and O–H groups in total. The fourth-order valence-electron chi connectivity index (χ4n) is 1.36. The number of hydrazine groups is 1. The van der Waals surface area contributed by atoms with Gasteiger partial charge in [0.05, 0.1) is 5.88 Å². The number of thioether (sulfide) groups is 1. The molecule has 0 aromatic carbocycles. The Balaban J connectivity index is 1.87. The van der Waals surface area contributed by atoms with Crippen LogP contribution in [0, 0.1) is 0 Å². The van der Waals surface area contributed by atoms with Crippen molar-refractivity contribution < 1.29 is 0 Å². The van der Waals surface area contributed by atoms with Crippen molar-refractivity contribution in [2.24, 2.45) is 0 Å². The molecule has 1 fully saturated rings. The SMILES string of the molecule is C1=CN(N2CCNCC2)CS1. The highest BCUT2D eigenvalue weighted by Crippen LogP contribution is 2.17. The first-order valence-electron chi connectivity index (χ1n) is 3.97. The zero-order chi connectivity index (χ0) is 7.52. The Morgan fingerprint density at radius 2 is 2.09 bits per heavy atom. The lowest BCUT2D eigenvalue weighted by molar-refractivity contribution is 0.0307. The van der Waals surface area contributed by atoms with Gasteiger partial charge < -0.3 is 10.3 Å². The van der Waals surface area contributed by atoms with E-state index in [1.807, 2.05) is 11.8 Å². The molecule has 3 nitrogen and oxygen atoms in total. The maximum atomic E-state index is 3.34. The van der Waals surface area contributed by atoms with Gasteiger partial charge in [0.15, 0.2) is 0 Å². The van der Waals surface area contributed by atoms with Crippen molar-refractivity contribution in [2.75, 3.05) is 32.1 Å². The molecule has 0 atom stereocenters. The van der Waals surface area contributed by atoms with Crippen LogP contribution in [0.3, 0.4) is 0 Å². The van der Waals surface area contributed by atoms with Gasteiger partial charge in [0, 0.05) is 32.4 Å². The molecule has 0 spiro atoms. The Morgan fingerprint density at radius 3 is 2.73 bits per heavy atom. The van der Waals surface area contributed by atoms with Crippen LogP contribution in [0.4, 0.5) is 0 Å². The predicted octanol–water partition coefficient (Wildman–Crippen LogP) is 0.284. The van der Waals surface area contributed by atoms with Crippen LogP contribution in [0.15, 0.2) is 11.6 Å². The zero-order valence-electron chi connectivity index (χ0n) is 6.49. The number of nitrogens with zero attached hydrogens (tertiary/aromatic N) is 2. The first kappa shape index (κ1) is 7.46. The van der Waals surface area contributed by atoms with Crippen molar-refractivity contribution in [3.8, 4) is 0 Å². The molecular formula is C7H13N3S. The Labute approximate surface area is 71.4 Å². The van der Waals surface area contributed by atoms with Crippen molar-refractivity contribution >= 4 is 11.8 Å². The molecule has 0 aromatic rings. The van der Waals surface area contributed by atoms with E-state index in [1.165, 1.54) is 0 Å². The van der Waals surface area contributed by atoms with Gasteiger partial charge in [-0.3, -0.25) is 0 Å². The monoisotopic (exact) mass is 171 g/mol. The van der Waals surface area contributed by atoms with Gasteiger partial charge in [-0.25, -0.2) is 5.01 Å². The number of rotatable bonds is 1. The molecule has 11 heavy (non-hydrogen) atoms. The molecule has 0 aliphatic carbocycles. The average molecular weight is 171 g/mol. The fraction of sp³-hybridized carbons (Fsp3) is 0.714. The first-order valence-corrected chi connectivity index (χ1v) is 5.02. The molecule has 62 valence electrons. The van der Waals surface area contributed by atoms with Crippen LogP contribution in [0.25, 0.3) is 0 Å². The molecule has 2 rings (SSSR count). The molecule has 2 heterocycles. The van der Waals surface area contributed by atoms with E-state index in [0.29, 0.717) is 0 Å². The Kier molecular flexibility index (Phi) is 2.35. The second-order valence-electron chi connectivity index (χ2n) is 2.72. The lowest BCUT2D eigenvalue weighted by atomic mass is 10.4. The molecule has 0 unspecified atom stereocenters. The minimum absolute atomic E-state index is 1.10. The summed E-state index contributed by atoms with van der Waals surface area (Å²) in [5, 5.41) is 10.2. The lowest BCUT2D eigenvalue weighted by Crippen LogP contribution is -2.49. The summed E-state index contributed by atoms with van der Waals surface area (Å²) in [6.07, 6.45) is 2.16. The van der Waals surface area contributed by atoms with Crippen molar-refractivity contribution in [3.05, 3.63) is 11.6 Å². The quantitative estimate of drug-likeness (QED) is 0.611. The number of piperazine rings is 1. The Hall–Kier alpha value is -0.190. The van der Waals surface area contributed by atoms with Crippen molar-refractivity contribution in [2.45, 2.75) is 0 Å². The van der Waals surface area contributed by atoms with Crippen LogP contribution in [-0.4, -0.2) is 42.1 Å². The summed E-state index contributed by atoms with van der Waals surface area (Å²) >= 11 is 1.86. The highest BCUT2D eigenvalue weighted by atomic mass is 32.2. The molecule has 0 amide bonds. The molecule has 2 aliphatic heterocycles. The van der Waals surface area contributed by atoms with E-state index in [4.69, 9.17) is 0 Å². The van der Waals surface area contributed by atoms with Gasteiger partial charge in [0.1, 0.15) is 0 Å². The van der Waals surface area contributed by atoms with Crippen LogP contribution in [-0.2, 0) is 0 Å². The van der Waals surface area contributed by atoms with Crippen LogP contribution in [0.2, 0.25) is 0 Å². The molecule has 0 saturated carbocycles. The fourth-order valence-corrected chi connectivity index (χ4v) is 2.08. The summed E-state index contributed by atoms with van der Waals surface area (Å²) in [6, 6.07) is 0. The van der Waals surface area contributed by atoms with Gasteiger partial charge >= 0.3 is 0 Å². The Bertz CT molecular complexity index is 154. The summed E-state index contributed by atoms with van der Waals surface area (Å²) in [4.78, 5) is 0. The topological polar surface area (TPSA) is 18.5 Å². The van der Waals surface area contributed by atoms with Gasteiger partial charge in [-0.15, -0.1) is 11.8 Å². The van der Waals surface area contributed by atoms with Crippen molar-refractivity contribution in [1.29, 1.82) is 0 Å². The van der Waals surface area contributed by atoms with Crippen LogP contribution >= 0.6 is 11.8 Å². The molecule has 4 heteroatoms. The molecule has 0 aromatic heterocycles. The first-order chi connectivity index (χ1) is 5.47. The standard InChI is InChI=1S/C7H13N3S/c1-3-9(4-2-8-1)10-5-6-11-7-10/h5-6,8H,1-4,7H2. The minimum atomic E-state index is 1.10. The third-order valence-electron chi connectivity index (χ3n) is 1.99. The van der Waals surface area contributed by atoms with E-state index in [2.05, 4.69) is 26.9 Å². The highest BCUT2D eigenvalue weighted by Gasteiger charge is 2.16. The zero-order valence-corrected chi connectivity index (χ0v) is 7.31. The maximum absolute atomic E-state index is 3.34. The van der Waals surface area contributed by atoms with Gasteiger partial charge in [-0.2, -0.15) is 0 Å². The summed E-state index contributed by atoms with van der Waals surface area (Å²) < 4.78 is 0. The second-order valence-corrected chi connectivity index (χ2v) is 3.59. The normalized spacial score (nSPS) is 26.4. The van der Waals surface area contributed by atoms with E-state index in [1.54, 1.807) is 0 Å².